The summed E-state index contributed by atoms with van der Waals surface area (Å²) >= 11 is 0. The molecule has 5 heteroatoms. The number of hydrogen-bond acceptors (Lipinski definition) is 4. The molecule has 1 aromatic carbocycles. The predicted octanol–water partition coefficient (Wildman–Crippen LogP) is 4.77. The Balaban J connectivity index is 1.35. The van der Waals surface area contributed by atoms with Crippen LogP contribution >= 0.6 is 0 Å². The third kappa shape index (κ3) is 3.70. The van der Waals surface area contributed by atoms with Crippen molar-refractivity contribution >= 4 is 23.1 Å². The number of para-hydroxylation sites is 2. The molecule has 0 aromatic heterocycles. The Labute approximate surface area is 173 Å². The lowest BCUT2D eigenvalue weighted by Gasteiger charge is -2.48. The molecule has 1 N–H and O–H groups in total. The van der Waals surface area contributed by atoms with Crippen molar-refractivity contribution in [2.75, 3.05) is 11.4 Å². The number of carbonyl (C=O) groups is 1. The molecule has 3 fully saturated rings. The Morgan fingerprint density at radius 2 is 1.52 bits per heavy atom. The van der Waals surface area contributed by atoms with Gasteiger partial charge >= 0.3 is 5.97 Å². The van der Waals surface area contributed by atoms with Gasteiger partial charge in [-0.2, -0.15) is 0 Å². The highest BCUT2D eigenvalue weighted by Crippen LogP contribution is 2.44. The zero-order valence-corrected chi connectivity index (χ0v) is 17.3. The van der Waals surface area contributed by atoms with Gasteiger partial charge in [0, 0.05) is 24.2 Å². The van der Waals surface area contributed by atoms with E-state index in [1.54, 1.807) is 0 Å². The number of nitrogens with zero attached hydrogens (tertiary/aromatic N) is 3. The Bertz CT molecular complexity index is 770. The van der Waals surface area contributed by atoms with Gasteiger partial charge in [-0.05, 0) is 50.7 Å². The molecule has 1 aromatic rings. The van der Waals surface area contributed by atoms with Crippen LogP contribution in [-0.4, -0.2) is 52.4 Å². The van der Waals surface area contributed by atoms with Gasteiger partial charge in [-0.25, -0.2) is 9.79 Å². The average molecular weight is 396 g/mol. The second-order valence-corrected chi connectivity index (χ2v) is 9.44. The first-order valence-corrected chi connectivity index (χ1v) is 11.6. The zero-order chi connectivity index (χ0) is 19.8. The smallest absolute Gasteiger partial charge is 0.352 e. The number of piperidine rings is 1. The third-order valence-corrected chi connectivity index (χ3v) is 7.72. The van der Waals surface area contributed by atoms with Gasteiger partial charge in [-0.15, -0.1) is 0 Å². The summed E-state index contributed by atoms with van der Waals surface area (Å²) in [5.41, 5.74) is 2.20. The number of aliphatic carboxylic acids is 1. The Kier molecular flexibility index (Phi) is 5.33. The second kappa shape index (κ2) is 8.10. The first kappa shape index (κ1) is 19.1. The minimum atomic E-state index is -0.889. The molecule has 29 heavy (non-hydrogen) atoms. The summed E-state index contributed by atoms with van der Waals surface area (Å²) in [6.07, 6.45) is 14.7. The Morgan fingerprint density at radius 3 is 2.21 bits per heavy atom. The number of anilines is 1. The van der Waals surface area contributed by atoms with Crippen LogP contribution in [-0.2, 0) is 4.79 Å². The maximum absolute atomic E-state index is 11.7. The summed E-state index contributed by atoms with van der Waals surface area (Å²) in [6.45, 7) is 0.430. The summed E-state index contributed by atoms with van der Waals surface area (Å²) in [7, 11) is 0. The monoisotopic (exact) mass is 395 g/mol. The van der Waals surface area contributed by atoms with Crippen LogP contribution in [0.25, 0.3) is 0 Å². The summed E-state index contributed by atoms with van der Waals surface area (Å²) in [6, 6.07) is 10.6. The van der Waals surface area contributed by atoms with Crippen LogP contribution in [0.1, 0.15) is 70.6 Å². The normalized spacial score (nSPS) is 31.0. The van der Waals surface area contributed by atoms with E-state index in [1.165, 1.54) is 57.8 Å². The summed E-state index contributed by atoms with van der Waals surface area (Å²) in [5.74, 6) is -0.889. The number of carboxylic acid groups (broad SMARTS) is 1. The highest BCUT2D eigenvalue weighted by molar-refractivity contribution is 6.38. The van der Waals surface area contributed by atoms with Crippen molar-refractivity contribution in [3.05, 3.63) is 24.3 Å². The van der Waals surface area contributed by atoms with E-state index < -0.39 is 5.97 Å². The standard InChI is InChI=1S/C24H33N3O2/c28-24(29)22-16-26(23-11-7-6-10-21(23)25-22)20-14-18-12-13-19(15-20)27(18)17-8-4-2-1-3-5-9-17/h6-7,10-11,17-20H,1-5,8-9,12-16H2,(H,28,29)/t18-,19+,20?. The molecule has 4 aliphatic rings. The lowest BCUT2D eigenvalue weighted by molar-refractivity contribution is -0.129. The van der Waals surface area contributed by atoms with Gasteiger partial charge in [-0.1, -0.05) is 44.2 Å². The Hall–Kier alpha value is -1.88. The fraction of sp³-hybridized carbons (Fsp3) is 0.667. The van der Waals surface area contributed by atoms with Crippen molar-refractivity contribution in [3.8, 4) is 0 Å². The second-order valence-electron chi connectivity index (χ2n) is 9.44. The average Bonchev–Trinajstić information content (AvgIpc) is 2.96. The fourth-order valence-corrected chi connectivity index (χ4v) is 6.44. The molecule has 0 spiro atoms. The third-order valence-electron chi connectivity index (χ3n) is 7.72. The number of fused-ring (bicyclic) bond motifs is 3. The zero-order valence-electron chi connectivity index (χ0n) is 17.3. The fourth-order valence-electron chi connectivity index (χ4n) is 6.44. The van der Waals surface area contributed by atoms with Gasteiger partial charge < -0.3 is 10.0 Å². The van der Waals surface area contributed by atoms with Gasteiger partial charge in [0.2, 0.25) is 0 Å². The molecule has 3 atom stereocenters. The van der Waals surface area contributed by atoms with Crippen molar-refractivity contribution in [1.82, 2.24) is 4.90 Å². The maximum atomic E-state index is 11.7. The van der Waals surface area contributed by atoms with Crippen LogP contribution in [0.2, 0.25) is 0 Å². The predicted molar refractivity (Wildman–Crippen MR) is 116 cm³/mol. The molecule has 5 rings (SSSR count). The van der Waals surface area contributed by atoms with Crippen LogP contribution in [0, 0.1) is 0 Å². The van der Waals surface area contributed by atoms with Crippen LogP contribution in [0.15, 0.2) is 29.3 Å². The maximum Gasteiger partial charge on any atom is 0.352 e. The largest absolute Gasteiger partial charge is 0.477 e. The van der Waals surface area contributed by atoms with Crippen molar-refractivity contribution in [2.24, 2.45) is 4.99 Å². The molecule has 0 radical (unpaired) electrons. The minimum absolute atomic E-state index is 0.276. The number of hydrogen-bond donors (Lipinski definition) is 1. The first-order valence-electron chi connectivity index (χ1n) is 11.6. The lowest BCUT2D eigenvalue weighted by Crippen LogP contribution is -2.55. The lowest BCUT2D eigenvalue weighted by atomic mass is 9.89. The van der Waals surface area contributed by atoms with Crippen molar-refractivity contribution in [3.63, 3.8) is 0 Å². The molecule has 0 amide bonds. The number of carboxylic acids is 1. The Morgan fingerprint density at radius 1 is 0.862 bits per heavy atom. The van der Waals surface area contributed by atoms with Gasteiger partial charge in [0.1, 0.15) is 5.71 Å². The summed E-state index contributed by atoms with van der Waals surface area (Å²) in [5, 5.41) is 9.59. The number of benzene rings is 1. The van der Waals surface area contributed by atoms with Gasteiger partial charge in [0.15, 0.2) is 0 Å². The molecular weight excluding hydrogens is 362 g/mol. The van der Waals surface area contributed by atoms with Crippen LogP contribution in [0.3, 0.4) is 0 Å². The van der Waals surface area contributed by atoms with E-state index in [9.17, 15) is 9.90 Å². The van der Waals surface area contributed by atoms with Crippen LogP contribution < -0.4 is 4.90 Å². The van der Waals surface area contributed by atoms with E-state index in [2.05, 4.69) is 20.9 Å². The van der Waals surface area contributed by atoms with Crippen molar-refractivity contribution in [2.45, 2.75) is 94.8 Å². The number of rotatable bonds is 3. The van der Waals surface area contributed by atoms with E-state index in [1.807, 2.05) is 18.2 Å². The van der Waals surface area contributed by atoms with Crippen molar-refractivity contribution in [1.29, 1.82) is 0 Å². The van der Waals surface area contributed by atoms with E-state index in [0.29, 0.717) is 24.7 Å². The highest BCUT2D eigenvalue weighted by Gasteiger charge is 2.45. The molecule has 5 nitrogen and oxygen atoms in total. The molecule has 3 heterocycles. The molecular formula is C24H33N3O2. The molecule has 1 aliphatic carbocycles. The molecule has 156 valence electrons. The van der Waals surface area contributed by atoms with Crippen LogP contribution in [0.4, 0.5) is 11.4 Å². The molecule has 1 unspecified atom stereocenters. The van der Waals surface area contributed by atoms with Crippen LogP contribution in [0.5, 0.6) is 0 Å². The van der Waals surface area contributed by atoms with E-state index >= 15 is 0 Å². The SMILES string of the molecule is O=C(O)C1=Nc2ccccc2N(C2C[C@H]3CC[C@@H](C2)N3C2CCCCCCC2)C1. The summed E-state index contributed by atoms with van der Waals surface area (Å²) < 4.78 is 0. The molecule has 3 aliphatic heterocycles. The van der Waals surface area contributed by atoms with E-state index in [4.69, 9.17) is 0 Å². The first-order chi connectivity index (χ1) is 14.2. The topological polar surface area (TPSA) is 56.1 Å². The molecule has 2 saturated heterocycles. The van der Waals surface area contributed by atoms with Gasteiger partial charge in [-0.3, -0.25) is 4.90 Å². The highest BCUT2D eigenvalue weighted by atomic mass is 16.4. The minimum Gasteiger partial charge on any atom is -0.477 e. The van der Waals surface area contributed by atoms with Crippen molar-refractivity contribution < 1.29 is 9.90 Å². The molecule has 1 saturated carbocycles. The number of aliphatic imine (C=N–C) groups is 1. The van der Waals surface area contributed by atoms with Gasteiger partial charge in [0.25, 0.3) is 0 Å². The van der Waals surface area contributed by atoms with Gasteiger partial charge in [0.05, 0.1) is 17.9 Å². The molecule has 2 bridgehead atoms. The van der Waals surface area contributed by atoms with E-state index in [-0.39, 0.29) is 5.71 Å². The quantitative estimate of drug-likeness (QED) is 0.801. The van der Waals surface area contributed by atoms with E-state index in [0.717, 1.165) is 30.3 Å². The summed E-state index contributed by atoms with van der Waals surface area (Å²) in [4.78, 5) is 21.4.